The molecule has 0 fully saturated rings. The van der Waals surface area contributed by atoms with E-state index in [9.17, 15) is 14.9 Å². The second kappa shape index (κ2) is 6.84. The van der Waals surface area contributed by atoms with Crippen molar-refractivity contribution in [3.8, 4) is 0 Å². The molecular weight excluding hydrogens is 248 g/mol. The Hall–Kier alpha value is -1.95. The van der Waals surface area contributed by atoms with Crippen LogP contribution in [0, 0.1) is 10.1 Å². The normalized spacial score (nSPS) is 11.9. The van der Waals surface area contributed by atoms with Gasteiger partial charge in [-0.25, -0.2) is 0 Å². The molecule has 0 bridgehead atoms. The molecule has 0 radical (unpaired) electrons. The maximum atomic E-state index is 11.9. The predicted molar refractivity (Wildman–Crippen MR) is 70.7 cm³/mol. The summed E-state index contributed by atoms with van der Waals surface area (Å²) in [6.45, 7) is 2.13. The lowest BCUT2D eigenvalue weighted by Gasteiger charge is -2.18. The summed E-state index contributed by atoms with van der Waals surface area (Å²) >= 11 is 0. The first-order valence-electron chi connectivity index (χ1n) is 6.05. The highest BCUT2D eigenvalue weighted by Gasteiger charge is 2.12. The van der Waals surface area contributed by atoms with E-state index in [1.165, 1.54) is 17.0 Å². The number of hydrogen-bond donors (Lipinski definition) is 1. The second-order valence-electron chi connectivity index (χ2n) is 4.56. The first kappa shape index (κ1) is 15.1. The molecule has 0 aliphatic rings. The van der Waals surface area contributed by atoms with Gasteiger partial charge in [0.05, 0.1) is 17.4 Å². The van der Waals surface area contributed by atoms with Crippen LogP contribution in [0.1, 0.15) is 18.9 Å². The molecule has 104 valence electrons. The quantitative estimate of drug-likeness (QED) is 0.622. The van der Waals surface area contributed by atoms with E-state index in [2.05, 4.69) is 0 Å². The molecule has 1 aromatic rings. The first-order valence-corrected chi connectivity index (χ1v) is 6.05. The van der Waals surface area contributed by atoms with E-state index in [1.807, 2.05) is 0 Å². The van der Waals surface area contributed by atoms with Gasteiger partial charge in [0.2, 0.25) is 5.91 Å². The average Bonchev–Trinajstić information content (AvgIpc) is 2.36. The van der Waals surface area contributed by atoms with Crippen molar-refractivity contribution in [2.45, 2.75) is 25.9 Å². The fraction of sp³-hybridized carbons (Fsp3) is 0.462. The van der Waals surface area contributed by atoms with Gasteiger partial charge in [-0.3, -0.25) is 14.9 Å². The number of rotatable bonds is 6. The zero-order chi connectivity index (χ0) is 14.4. The Labute approximate surface area is 111 Å². The van der Waals surface area contributed by atoms with E-state index >= 15 is 0 Å². The highest BCUT2D eigenvalue weighted by molar-refractivity contribution is 5.78. The number of benzene rings is 1. The summed E-state index contributed by atoms with van der Waals surface area (Å²) in [4.78, 5) is 23.6. The van der Waals surface area contributed by atoms with Gasteiger partial charge in [0.1, 0.15) is 0 Å². The van der Waals surface area contributed by atoms with Crippen LogP contribution < -0.4 is 0 Å². The Balaban J connectivity index is 2.61. The Morgan fingerprint density at radius 2 is 2.21 bits per heavy atom. The maximum Gasteiger partial charge on any atom is 0.269 e. The predicted octanol–water partition coefficient (Wildman–Crippen LogP) is 1.37. The van der Waals surface area contributed by atoms with E-state index in [0.29, 0.717) is 18.5 Å². The van der Waals surface area contributed by atoms with Crippen LogP contribution in [0.4, 0.5) is 5.69 Å². The maximum absolute atomic E-state index is 11.9. The smallest absolute Gasteiger partial charge is 0.269 e. The van der Waals surface area contributed by atoms with Gasteiger partial charge in [0, 0.05) is 25.7 Å². The molecule has 0 aliphatic heterocycles. The van der Waals surface area contributed by atoms with E-state index in [1.54, 1.807) is 26.1 Å². The van der Waals surface area contributed by atoms with Crippen molar-refractivity contribution in [1.82, 2.24) is 4.90 Å². The third-order valence-electron chi connectivity index (χ3n) is 2.78. The van der Waals surface area contributed by atoms with Crippen LogP contribution in [0.2, 0.25) is 0 Å². The molecule has 1 N–H and O–H groups in total. The van der Waals surface area contributed by atoms with Gasteiger partial charge < -0.3 is 10.0 Å². The number of carbonyl (C=O) groups is 1. The number of carbonyl (C=O) groups excluding carboxylic acids is 1. The number of hydrogen-bond acceptors (Lipinski definition) is 4. The number of likely N-dealkylation sites (N-methyl/N-ethyl adjacent to an activating group) is 1. The summed E-state index contributed by atoms with van der Waals surface area (Å²) in [5, 5.41) is 19.8. The monoisotopic (exact) mass is 266 g/mol. The van der Waals surface area contributed by atoms with Crippen LogP contribution in [-0.2, 0) is 11.2 Å². The summed E-state index contributed by atoms with van der Waals surface area (Å²) in [6, 6.07) is 6.05. The molecule has 0 aromatic heterocycles. The van der Waals surface area contributed by atoms with Crippen molar-refractivity contribution in [3.05, 3.63) is 39.9 Å². The Kier molecular flexibility index (Phi) is 5.44. The number of nitro groups is 1. The van der Waals surface area contributed by atoms with Gasteiger partial charge >= 0.3 is 0 Å². The lowest BCUT2D eigenvalue weighted by atomic mass is 10.1. The average molecular weight is 266 g/mol. The van der Waals surface area contributed by atoms with Crippen LogP contribution in [0.5, 0.6) is 0 Å². The summed E-state index contributed by atoms with van der Waals surface area (Å²) in [5.41, 5.74) is 0.597. The van der Waals surface area contributed by atoms with Crippen molar-refractivity contribution in [2.24, 2.45) is 0 Å². The number of non-ortho nitro benzene ring substituents is 1. The molecule has 6 heteroatoms. The van der Waals surface area contributed by atoms with Crippen molar-refractivity contribution >= 4 is 11.6 Å². The summed E-state index contributed by atoms with van der Waals surface area (Å²) in [5.74, 6) is -0.124. The van der Waals surface area contributed by atoms with Crippen molar-refractivity contribution in [3.63, 3.8) is 0 Å². The molecule has 1 atom stereocenters. The van der Waals surface area contributed by atoms with Crippen molar-refractivity contribution in [1.29, 1.82) is 0 Å². The number of aliphatic hydroxyl groups is 1. The summed E-state index contributed by atoms with van der Waals surface area (Å²) in [7, 11) is 1.65. The third-order valence-corrected chi connectivity index (χ3v) is 2.78. The minimum atomic E-state index is -0.481. The molecule has 6 nitrogen and oxygen atoms in total. The van der Waals surface area contributed by atoms with Gasteiger partial charge in [0.25, 0.3) is 5.69 Å². The van der Waals surface area contributed by atoms with Gasteiger partial charge in [-0.2, -0.15) is 0 Å². The molecule has 0 aliphatic carbocycles. The van der Waals surface area contributed by atoms with Gasteiger partial charge in [-0.1, -0.05) is 12.1 Å². The molecule has 1 rings (SSSR count). The summed E-state index contributed by atoms with van der Waals surface area (Å²) < 4.78 is 0. The first-order chi connectivity index (χ1) is 8.90. The molecule has 0 spiro atoms. The minimum absolute atomic E-state index is 0.0167. The van der Waals surface area contributed by atoms with E-state index in [4.69, 9.17) is 5.11 Å². The highest BCUT2D eigenvalue weighted by Crippen LogP contribution is 2.14. The van der Waals surface area contributed by atoms with Crippen molar-refractivity contribution < 1.29 is 14.8 Å². The molecule has 1 unspecified atom stereocenters. The van der Waals surface area contributed by atoms with Crippen molar-refractivity contribution in [2.75, 3.05) is 13.6 Å². The minimum Gasteiger partial charge on any atom is -0.393 e. The zero-order valence-electron chi connectivity index (χ0n) is 11.1. The summed E-state index contributed by atoms with van der Waals surface area (Å²) in [6.07, 6.45) is 0.183. The van der Waals surface area contributed by atoms with Crippen LogP contribution in [-0.4, -0.2) is 40.5 Å². The number of aliphatic hydroxyl groups excluding tert-OH is 1. The molecule has 1 aromatic carbocycles. The molecule has 0 saturated heterocycles. The second-order valence-corrected chi connectivity index (χ2v) is 4.56. The molecule has 0 saturated carbocycles. The van der Waals surface area contributed by atoms with E-state index in [-0.39, 0.29) is 18.0 Å². The SMILES string of the molecule is CC(O)CCN(C)C(=O)Cc1cccc([N+](=O)[O-])c1. The van der Waals surface area contributed by atoms with Gasteiger partial charge in [-0.15, -0.1) is 0 Å². The van der Waals surface area contributed by atoms with Crippen LogP contribution in [0.15, 0.2) is 24.3 Å². The zero-order valence-corrected chi connectivity index (χ0v) is 11.1. The van der Waals surface area contributed by atoms with Gasteiger partial charge in [-0.05, 0) is 18.9 Å². The largest absolute Gasteiger partial charge is 0.393 e. The van der Waals surface area contributed by atoms with E-state index < -0.39 is 11.0 Å². The Morgan fingerprint density at radius 1 is 1.53 bits per heavy atom. The van der Waals surface area contributed by atoms with E-state index in [0.717, 1.165) is 0 Å². The number of nitro benzene ring substituents is 1. The fourth-order valence-corrected chi connectivity index (χ4v) is 1.59. The highest BCUT2D eigenvalue weighted by atomic mass is 16.6. The van der Waals surface area contributed by atoms with Crippen LogP contribution in [0.3, 0.4) is 0 Å². The van der Waals surface area contributed by atoms with Gasteiger partial charge in [0.15, 0.2) is 0 Å². The molecule has 1 amide bonds. The number of amides is 1. The Bertz CT molecular complexity index is 460. The number of nitrogens with zero attached hydrogens (tertiary/aromatic N) is 2. The van der Waals surface area contributed by atoms with Crippen LogP contribution >= 0.6 is 0 Å². The molecule has 19 heavy (non-hydrogen) atoms. The van der Waals surface area contributed by atoms with Crippen LogP contribution in [0.25, 0.3) is 0 Å². The third kappa shape index (κ3) is 5.05. The topological polar surface area (TPSA) is 83.7 Å². The molecule has 0 heterocycles. The molecular formula is C13H18N2O4. The lowest BCUT2D eigenvalue weighted by Crippen LogP contribution is -2.30. The lowest BCUT2D eigenvalue weighted by molar-refractivity contribution is -0.384. The standard InChI is InChI=1S/C13H18N2O4/c1-10(16)6-7-14(2)13(17)9-11-4-3-5-12(8-11)15(18)19/h3-5,8,10,16H,6-7,9H2,1-2H3. The Morgan fingerprint density at radius 3 is 2.79 bits per heavy atom. The fourth-order valence-electron chi connectivity index (χ4n) is 1.59.